The van der Waals surface area contributed by atoms with Crippen molar-refractivity contribution >= 4 is 5.78 Å². The van der Waals surface area contributed by atoms with Gasteiger partial charge in [0.2, 0.25) is 0 Å². The summed E-state index contributed by atoms with van der Waals surface area (Å²) < 4.78 is 2.09. The molecule has 0 amide bonds. The topological polar surface area (TPSA) is 25.2 Å². The van der Waals surface area contributed by atoms with Crippen LogP contribution < -0.4 is 0 Å². The predicted molar refractivity (Wildman–Crippen MR) is 83.3 cm³/mol. The highest BCUT2D eigenvalue weighted by molar-refractivity contribution is 5.99. The lowest BCUT2D eigenvalue weighted by Gasteiger charge is -2.33. The lowest BCUT2D eigenvalue weighted by Crippen LogP contribution is -2.38. The zero-order valence-electron chi connectivity index (χ0n) is 13.6. The molecule has 3 heteroatoms. The van der Waals surface area contributed by atoms with Crippen LogP contribution in [0.25, 0.3) is 0 Å². The number of likely N-dealkylation sites (N-methyl/N-ethyl adjacent to an activating group) is 1. The van der Waals surface area contributed by atoms with E-state index in [0.717, 1.165) is 22.9 Å². The zero-order chi connectivity index (χ0) is 14.9. The van der Waals surface area contributed by atoms with E-state index < -0.39 is 0 Å². The molecule has 20 heavy (non-hydrogen) atoms. The van der Waals surface area contributed by atoms with Gasteiger partial charge in [-0.05, 0) is 45.7 Å². The van der Waals surface area contributed by atoms with Gasteiger partial charge in [0.05, 0.1) is 6.54 Å². The zero-order valence-corrected chi connectivity index (χ0v) is 13.6. The summed E-state index contributed by atoms with van der Waals surface area (Å²) in [6.07, 6.45) is 5.11. The van der Waals surface area contributed by atoms with E-state index >= 15 is 0 Å². The summed E-state index contributed by atoms with van der Waals surface area (Å²) in [6.45, 7) is 6.95. The molecule has 0 bridgehead atoms. The highest BCUT2D eigenvalue weighted by Gasteiger charge is 2.24. The summed E-state index contributed by atoms with van der Waals surface area (Å²) in [7, 11) is 4.12. The van der Waals surface area contributed by atoms with Gasteiger partial charge in [0.1, 0.15) is 0 Å². The van der Waals surface area contributed by atoms with E-state index in [2.05, 4.69) is 30.4 Å². The Morgan fingerprint density at radius 3 is 2.65 bits per heavy atom. The molecule has 1 aliphatic rings. The van der Waals surface area contributed by atoms with Gasteiger partial charge >= 0.3 is 0 Å². The second kappa shape index (κ2) is 6.13. The maximum absolute atomic E-state index is 12.5. The van der Waals surface area contributed by atoms with E-state index in [1.165, 1.54) is 25.7 Å². The molecule has 3 nitrogen and oxygen atoms in total. The van der Waals surface area contributed by atoms with Crippen molar-refractivity contribution in [3.05, 3.63) is 23.0 Å². The quantitative estimate of drug-likeness (QED) is 0.788. The van der Waals surface area contributed by atoms with Gasteiger partial charge in [-0.25, -0.2) is 0 Å². The van der Waals surface area contributed by atoms with Crippen molar-refractivity contribution < 1.29 is 4.79 Å². The first-order chi connectivity index (χ1) is 9.40. The minimum absolute atomic E-state index is 0.256. The van der Waals surface area contributed by atoms with Gasteiger partial charge in [-0.2, -0.15) is 0 Å². The molecule has 0 saturated heterocycles. The lowest BCUT2D eigenvalue weighted by atomic mass is 9.86. The SMILES string of the molecule is Cc1cc(C(=O)CN(C)C2CCCC(C)C2)c(C)n1C. The second-order valence-corrected chi connectivity index (χ2v) is 6.61. The minimum Gasteiger partial charge on any atom is -0.351 e. The van der Waals surface area contributed by atoms with E-state index in [4.69, 9.17) is 0 Å². The van der Waals surface area contributed by atoms with Crippen LogP contribution in [0.2, 0.25) is 0 Å². The van der Waals surface area contributed by atoms with Crippen molar-refractivity contribution in [1.29, 1.82) is 0 Å². The van der Waals surface area contributed by atoms with Gasteiger partial charge < -0.3 is 4.57 Å². The molecule has 1 aliphatic carbocycles. The van der Waals surface area contributed by atoms with Crippen molar-refractivity contribution in [1.82, 2.24) is 9.47 Å². The Balaban J connectivity index is 2.01. The number of aromatic nitrogens is 1. The van der Waals surface area contributed by atoms with Crippen LogP contribution in [0, 0.1) is 19.8 Å². The Hall–Kier alpha value is -1.09. The second-order valence-electron chi connectivity index (χ2n) is 6.61. The molecule has 0 radical (unpaired) electrons. The molecule has 1 aromatic heterocycles. The van der Waals surface area contributed by atoms with Gasteiger partial charge in [0.25, 0.3) is 0 Å². The molecule has 0 aromatic carbocycles. The maximum Gasteiger partial charge on any atom is 0.178 e. The van der Waals surface area contributed by atoms with E-state index in [0.29, 0.717) is 12.6 Å². The molecule has 0 aliphatic heterocycles. The normalized spacial score (nSPS) is 23.3. The third kappa shape index (κ3) is 3.14. The van der Waals surface area contributed by atoms with Crippen LogP contribution in [0.5, 0.6) is 0 Å². The molecule has 0 spiro atoms. The standard InChI is InChI=1S/C17H28N2O/c1-12-7-6-8-15(9-12)18(4)11-17(20)16-10-13(2)19(5)14(16)3/h10,12,15H,6-9,11H2,1-5H3. The van der Waals surface area contributed by atoms with Crippen LogP contribution in [-0.4, -0.2) is 34.9 Å². The van der Waals surface area contributed by atoms with Crippen LogP contribution in [-0.2, 0) is 7.05 Å². The van der Waals surface area contributed by atoms with Crippen molar-refractivity contribution in [2.75, 3.05) is 13.6 Å². The Morgan fingerprint density at radius 2 is 2.10 bits per heavy atom. The average molecular weight is 276 g/mol. The summed E-state index contributed by atoms with van der Waals surface area (Å²) in [5, 5.41) is 0. The molecule has 2 unspecified atom stereocenters. The van der Waals surface area contributed by atoms with E-state index in [1.807, 2.05) is 20.0 Å². The number of carbonyl (C=O) groups is 1. The first-order valence-electron chi connectivity index (χ1n) is 7.76. The molecule has 112 valence electrons. The molecule has 2 rings (SSSR count). The summed E-state index contributed by atoms with van der Waals surface area (Å²) in [4.78, 5) is 14.8. The van der Waals surface area contributed by atoms with Crippen molar-refractivity contribution in [2.45, 2.75) is 52.5 Å². The highest BCUT2D eigenvalue weighted by atomic mass is 16.1. The Labute approximate surface area is 123 Å². The average Bonchev–Trinajstić information content (AvgIpc) is 2.66. The summed E-state index contributed by atoms with van der Waals surface area (Å²) >= 11 is 0. The third-order valence-corrected chi connectivity index (χ3v) is 5.00. The van der Waals surface area contributed by atoms with Crippen LogP contribution in [0.3, 0.4) is 0 Å². The largest absolute Gasteiger partial charge is 0.351 e. The van der Waals surface area contributed by atoms with Gasteiger partial charge in [-0.1, -0.05) is 19.8 Å². The number of rotatable bonds is 4. The van der Waals surface area contributed by atoms with Crippen LogP contribution in [0.4, 0.5) is 0 Å². The van der Waals surface area contributed by atoms with Gasteiger partial charge in [0.15, 0.2) is 5.78 Å². The Kier molecular flexibility index (Phi) is 4.69. The molecule has 1 heterocycles. The first-order valence-corrected chi connectivity index (χ1v) is 7.76. The van der Waals surface area contributed by atoms with Crippen LogP contribution >= 0.6 is 0 Å². The highest BCUT2D eigenvalue weighted by Crippen LogP contribution is 2.27. The Morgan fingerprint density at radius 1 is 1.40 bits per heavy atom. The molecule has 1 saturated carbocycles. The third-order valence-electron chi connectivity index (χ3n) is 5.00. The number of carbonyl (C=O) groups excluding carboxylic acids is 1. The molecule has 1 aromatic rings. The number of aryl methyl sites for hydroxylation is 1. The fourth-order valence-corrected chi connectivity index (χ4v) is 3.38. The first kappa shape index (κ1) is 15.3. The fourth-order valence-electron chi connectivity index (χ4n) is 3.38. The van der Waals surface area contributed by atoms with Gasteiger partial charge in [-0.15, -0.1) is 0 Å². The van der Waals surface area contributed by atoms with Crippen molar-refractivity contribution in [3.63, 3.8) is 0 Å². The van der Waals surface area contributed by atoms with Gasteiger partial charge in [0, 0.05) is 30.0 Å². The summed E-state index contributed by atoms with van der Waals surface area (Å²) in [6, 6.07) is 2.60. The monoisotopic (exact) mass is 276 g/mol. The molecule has 0 N–H and O–H groups in total. The Bertz CT molecular complexity index is 489. The summed E-state index contributed by atoms with van der Waals surface area (Å²) in [5.74, 6) is 1.05. The number of ketones is 1. The molecular formula is C17H28N2O. The number of nitrogens with zero attached hydrogens (tertiary/aromatic N) is 2. The van der Waals surface area contributed by atoms with Crippen molar-refractivity contribution in [3.8, 4) is 0 Å². The van der Waals surface area contributed by atoms with E-state index in [9.17, 15) is 4.79 Å². The van der Waals surface area contributed by atoms with E-state index in [1.54, 1.807) is 0 Å². The van der Waals surface area contributed by atoms with Crippen LogP contribution in [0.1, 0.15) is 54.4 Å². The van der Waals surface area contributed by atoms with Crippen molar-refractivity contribution in [2.24, 2.45) is 13.0 Å². The number of hydrogen-bond donors (Lipinski definition) is 0. The van der Waals surface area contributed by atoms with E-state index in [-0.39, 0.29) is 5.78 Å². The number of Topliss-reactive ketones (excluding diaryl/α,β-unsaturated/α-hetero) is 1. The smallest absolute Gasteiger partial charge is 0.178 e. The summed E-state index contributed by atoms with van der Waals surface area (Å²) in [5.41, 5.74) is 3.12. The van der Waals surface area contributed by atoms with Gasteiger partial charge in [-0.3, -0.25) is 9.69 Å². The fraction of sp³-hybridized carbons (Fsp3) is 0.706. The molecule has 1 fully saturated rings. The predicted octanol–water partition coefficient (Wildman–Crippen LogP) is 3.34. The molecular weight excluding hydrogens is 248 g/mol. The lowest BCUT2D eigenvalue weighted by molar-refractivity contribution is 0.0882. The van der Waals surface area contributed by atoms with Crippen LogP contribution in [0.15, 0.2) is 6.07 Å². The maximum atomic E-state index is 12.5. The number of hydrogen-bond acceptors (Lipinski definition) is 2. The minimum atomic E-state index is 0.256. The molecule has 2 atom stereocenters.